The molecule has 0 aliphatic rings. The average Bonchev–Trinajstić information content (AvgIpc) is 2.98. The molecule has 2 rings (SSSR count). The van der Waals surface area contributed by atoms with Crippen molar-refractivity contribution in [1.82, 2.24) is 4.57 Å². The van der Waals surface area contributed by atoms with Crippen LogP contribution in [0, 0.1) is 5.95 Å². The average molecular weight is 321 g/mol. The van der Waals surface area contributed by atoms with Crippen LogP contribution in [0.4, 0.5) is 4.39 Å². The predicted molar refractivity (Wildman–Crippen MR) is 82.7 cm³/mol. The maximum absolute atomic E-state index is 14.3. The Labute approximate surface area is 134 Å². The highest BCUT2D eigenvalue weighted by Crippen LogP contribution is 2.27. The number of hydrogen-bond donors (Lipinski definition) is 0. The predicted octanol–water partition coefficient (Wildman–Crippen LogP) is 3.01. The van der Waals surface area contributed by atoms with E-state index in [1.807, 2.05) is 37.3 Å². The lowest BCUT2D eigenvalue weighted by atomic mass is 10.1. The minimum atomic E-state index is -1.90. The van der Waals surface area contributed by atoms with Crippen molar-refractivity contribution in [3.63, 3.8) is 0 Å². The van der Waals surface area contributed by atoms with Crippen molar-refractivity contribution in [2.24, 2.45) is 0 Å². The Morgan fingerprint density at radius 2 is 1.61 bits per heavy atom. The molecule has 0 radical (unpaired) electrons. The third kappa shape index (κ3) is 3.06. The topological polar surface area (TPSA) is 49.7 Å². The molecule has 0 unspecified atom stereocenters. The second-order valence-corrected chi connectivity index (χ2v) is 5.00. The summed E-state index contributed by atoms with van der Waals surface area (Å²) in [5.41, 5.74) is 0.971. The standard InChI is InChI=1S/C17H20FNO4/c1-12(13-8-6-5-7-9-13)19-14(10-11-15(19)18)16(20)17(21-2,22-3)23-4/h5-12H,1-4H3/t12-/m1/s1. The molecule has 0 aliphatic heterocycles. The summed E-state index contributed by atoms with van der Waals surface area (Å²) in [5, 5.41) is 0. The molecule has 5 nitrogen and oxygen atoms in total. The molecule has 0 fully saturated rings. The summed E-state index contributed by atoms with van der Waals surface area (Å²) in [4.78, 5) is 12.8. The van der Waals surface area contributed by atoms with Crippen LogP contribution in [0.2, 0.25) is 0 Å². The van der Waals surface area contributed by atoms with Crippen LogP contribution in [0.3, 0.4) is 0 Å². The second kappa shape index (κ2) is 7.04. The third-order valence-corrected chi connectivity index (χ3v) is 3.85. The van der Waals surface area contributed by atoms with Gasteiger partial charge in [0.05, 0.1) is 11.7 Å². The number of aromatic nitrogens is 1. The highest BCUT2D eigenvalue weighted by Gasteiger charge is 2.42. The van der Waals surface area contributed by atoms with Crippen LogP contribution in [0.15, 0.2) is 42.5 Å². The third-order valence-electron chi connectivity index (χ3n) is 3.85. The minimum absolute atomic E-state index is 0.101. The van der Waals surface area contributed by atoms with E-state index in [-0.39, 0.29) is 11.7 Å². The largest absolute Gasteiger partial charge is 0.352 e. The Hall–Kier alpha value is -2.02. The molecule has 6 heteroatoms. The Morgan fingerprint density at radius 1 is 1.04 bits per heavy atom. The van der Waals surface area contributed by atoms with Crippen LogP contribution in [0.25, 0.3) is 0 Å². The van der Waals surface area contributed by atoms with Crippen molar-refractivity contribution in [3.05, 3.63) is 59.7 Å². The molecule has 0 bridgehead atoms. The van der Waals surface area contributed by atoms with E-state index in [1.165, 1.54) is 38.0 Å². The van der Waals surface area contributed by atoms with Crippen molar-refractivity contribution in [1.29, 1.82) is 0 Å². The van der Waals surface area contributed by atoms with Gasteiger partial charge in [-0.25, -0.2) is 0 Å². The number of nitrogens with zero attached hydrogens (tertiary/aromatic N) is 1. The number of benzene rings is 1. The monoisotopic (exact) mass is 321 g/mol. The molecule has 1 aromatic carbocycles. The van der Waals surface area contributed by atoms with E-state index in [9.17, 15) is 9.18 Å². The van der Waals surface area contributed by atoms with Gasteiger partial charge in [-0.05, 0) is 24.6 Å². The number of Topliss-reactive ketones (excluding diaryl/α,β-unsaturated/α-hetero) is 1. The zero-order valence-corrected chi connectivity index (χ0v) is 13.6. The molecule has 1 atom stereocenters. The fraction of sp³-hybridized carbons (Fsp3) is 0.353. The van der Waals surface area contributed by atoms with E-state index in [0.717, 1.165) is 5.56 Å². The van der Waals surface area contributed by atoms with E-state index < -0.39 is 17.7 Å². The molecule has 2 aromatic rings. The summed E-state index contributed by atoms with van der Waals surface area (Å²) in [7, 11) is 3.86. The molecule has 0 spiro atoms. The summed E-state index contributed by atoms with van der Waals surface area (Å²) in [6.45, 7) is 1.81. The van der Waals surface area contributed by atoms with E-state index in [1.54, 1.807) is 0 Å². The van der Waals surface area contributed by atoms with Crippen LogP contribution >= 0.6 is 0 Å². The Kier molecular flexibility index (Phi) is 5.30. The van der Waals surface area contributed by atoms with E-state index >= 15 is 0 Å². The summed E-state index contributed by atoms with van der Waals surface area (Å²) < 4.78 is 30.8. The summed E-state index contributed by atoms with van der Waals surface area (Å²) in [6.07, 6.45) is 0. The molecular weight excluding hydrogens is 301 g/mol. The van der Waals surface area contributed by atoms with Crippen molar-refractivity contribution in [3.8, 4) is 0 Å². The summed E-state index contributed by atoms with van der Waals surface area (Å²) in [6, 6.07) is 11.6. The number of carbonyl (C=O) groups excluding carboxylic acids is 1. The van der Waals surface area contributed by atoms with Crippen molar-refractivity contribution < 1.29 is 23.4 Å². The zero-order valence-electron chi connectivity index (χ0n) is 13.6. The zero-order chi connectivity index (χ0) is 17.0. The minimum Gasteiger partial charge on any atom is -0.324 e. The van der Waals surface area contributed by atoms with Gasteiger partial charge >= 0.3 is 5.97 Å². The van der Waals surface area contributed by atoms with Gasteiger partial charge in [-0.15, -0.1) is 0 Å². The van der Waals surface area contributed by atoms with Gasteiger partial charge in [0.25, 0.3) is 5.78 Å². The second-order valence-electron chi connectivity index (χ2n) is 5.00. The molecule has 124 valence electrons. The molecule has 23 heavy (non-hydrogen) atoms. The van der Waals surface area contributed by atoms with Gasteiger partial charge in [-0.1, -0.05) is 30.3 Å². The van der Waals surface area contributed by atoms with Crippen LogP contribution < -0.4 is 0 Å². The van der Waals surface area contributed by atoms with E-state index in [4.69, 9.17) is 14.2 Å². The van der Waals surface area contributed by atoms with Crippen LogP contribution in [-0.2, 0) is 14.2 Å². The van der Waals surface area contributed by atoms with Crippen LogP contribution in [0.1, 0.15) is 29.0 Å². The van der Waals surface area contributed by atoms with E-state index in [0.29, 0.717) is 0 Å². The Balaban J connectivity index is 2.49. The maximum atomic E-state index is 14.3. The number of hydrogen-bond acceptors (Lipinski definition) is 4. The molecule has 1 aromatic heterocycles. The molecule has 0 amide bonds. The first-order chi connectivity index (χ1) is 11.0. The lowest BCUT2D eigenvalue weighted by molar-refractivity contribution is -0.312. The number of halogens is 1. The molecule has 0 N–H and O–H groups in total. The molecule has 1 heterocycles. The van der Waals surface area contributed by atoms with Gasteiger partial charge in [0.2, 0.25) is 0 Å². The van der Waals surface area contributed by atoms with Gasteiger partial charge in [-0.2, -0.15) is 4.39 Å². The van der Waals surface area contributed by atoms with Crippen molar-refractivity contribution >= 4 is 5.78 Å². The first-order valence-electron chi connectivity index (χ1n) is 7.12. The lowest BCUT2D eigenvalue weighted by Crippen LogP contribution is -2.45. The fourth-order valence-electron chi connectivity index (χ4n) is 2.57. The van der Waals surface area contributed by atoms with Crippen LogP contribution in [0.5, 0.6) is 0 Å². The highest BCUT2D eigenvalue weighted by molar-refractivity contribution is 5.99. The first kappa shape index (κ1) is 17.3. The molecule has 0 aliphatic carbocycles. The van der Waals surface area contributed by atoms with E-state index in [2.05, 4.69) is 0 Å². The van der Waals surface area contributed by atoms with Gasteiger partial charge in [0.15, 0.2) is 5.95 Å². The fourth-order valence-corrected chi connectivity index (χ4v) is 2.57. The van der Waals surface area contributed by atoms with Crippen molar-refractivity contribution in [2.75, 3.05) is 21.3 Å². The number of ketones is 1. The molecule has 0 saturated carbocycles. The molecular formula is C17H20FNO4. The van der Waals surface area contributed by atoms with Gasteiger partial charge in [-0.3, -0.25) is 4.79 Å². The van der Waals surface area contributed by atoms with Crippen LogP contribution in [-0.4, -0.2) is 37.7 Å². The Morgan fingerprint density at radius 3 is 2.13 bits per heavy atom. The number of rotatable bonds is 7. The Bertz CT molecular complexity index is 656. The number of methoxy groups -OCH3 is 3. The highest BCUT2D eigenvalue weighted by atomic mass is 19.1. The smallest absolute Gasteiger partial charge is 0.324 e. The van der Waals surface area contributed by atoms with Gasteiger partial charge < -0.3 is 18.8 Å². The number of carbonyl (C=O) groups is 1. The van der Waals surface area contributed by atoms with Crippen molar-refractivity contribution in [2.45, 2.75) is 18.9 Å². The maximum Gasteiger partial charge on any atom is 0.352 e. The normalized spacial score (nSPS) is 13.1. The number of ether oxygens (including phenoxy) is 3. The van der Waals surface area contributed by atoms with Gasteiger partial charge in [0.1, 0.15) is 0 Å². The first-order valence-corrected chi connectivity index (χ1v) is 7.12. The summed E-state index contributed by atoms with van der Waals surface area (Å²) in [5.74, 6) is -3.04. The summed E-state index contributed by atoms with van der Waals surface area (Å²) >= 11 is 0. The lowest BCUT2D eigenvalue weighted by Gasteiger charge is -2.28. The quantitative estimate of drug-likeness (QED) is 0.581. The molecule has 0 saturated heterocycles. The SMILES string of the molecule is COC(OC)(OC)C(=O)c1ccc(F)n1[C@H](C)c1ccccc1. The van der Waals surface area contributed by atoms with Gasteiger partial charge in [0, 0.05) is 21.3 Å².